The summed E-state index contributed by atoms with van der Waals surface area (Å²) in [7, 11) is 0. The minimum atomic E-state index is -4.78. The Labute approximate surface area is 117 Å². The third-order valence-electron chi connectivity index (χ3n) is 3.00. The third kappa shape index (κ3) is 3.20. The van der Waals surface area contributed by atoms with Gasteiger partial charge in [-0.25, -0.2) is 0 Å². The molecule has 3 nitrogen and oxygen atoms in total. The van der Waals surface area contributed by atoms with Crippen LogP contribution in [-0.2, 0) is 4.79 Å². The number of hydrogen-bond acceptors (Lipinski definition) is 2. The monoisotopic (exact) mass is 336 g/mol. The number of para-hydroxylation sites is 1. The highest BCUT2D eigenvalue weighted by molar-refractivity contribution is 9.10. The number of halogens is 4. The highest BCUT2D eigenvalue weighted by atomic mass is 79.9. The van der Waals surface area contributed by atoms with Crippen LogP contribution in [0.5, 0.6) is 0 Å². The molecule has 0 aromatic heterocycles. The number of carbonyl (C=O) groups excluding carboxylic acids is 1. The number of rotatable bonds is 1. The first-order valence-electron chi connectivity index (χ1n) is 5.75. The molecule has 1 aliphatic rings. The van der Waals surface area contributed by atoms with E-state index in [0.717, 1.165) is 15.1 Å². The lowest BCUT2D eigenvalue weighted by molar-refractivity contribution is -0.185. The zero-order chi connectivity index (χ0) is 14.0. The van der Waals surface area contributed by atoms with Crippen molar-refractivity contribution >= 4 is 27.5 Å². The maximum atomic E-state index is 12.3. The number of amides is 1. The molecule has 1 aromatic carbocycles. The molecule has 1 aliphatic heterocycles. The van der Waals surface area contributed by atoms with Crippen LogP contribution in [0.1, 0.15) is 0 Å². The van der Waals surface area contributed by atoms with Gasteiger partial charge in [-0.15, -0.1) is 0 Å². The van der Waals surface area contributed by atoms with Gasteiger partial charge in [-0.3, -0.25) is 4.79 Å². The van der Waals surface area contributed by atoms with Gasteiger partial charge in [0.15, 0.2) is 0 Å². The molecule has 0 N–H and O–H groups in total. The first kappa shape index (κ1) is 14.2. The van der Waals surface area contributed by atoms with Crippen molar-refractivity contribution in [2.75, 3.05) is 31.1 Å². The van der Waals surface area contributed by atoms with Crippen LogP contribution in [0.25, 0.3) is 0 Å². The lowest BCUT2D eigenvalue weighted by Crippen LogP contribution is -2.52. The summed E-state index contributed by atoms with van der Waals surface area (Å²) < 4.78 is 37.8. The second-order valence-electron chi connectivity index (χ2n) is 4.23. The van der Waals surface area contributed by atoms with Crippen molar-refractivity contribution in [2.24, 2.45) is 0 Å². The third-order valence-corrected chi connectivity index (χ3v) is 3.67. The van der Waals surface area contributed by atoms with Crippen LogP contribution in [0.15, 0.2) is 28.7 Å². The van der Waals surface area contributed by atoms with Crippen molar-refractivity contribution in [3.05, 3.63) is 28.7 Å². The molecule has 0 atom stereocenters. The summed E-state index contributed by atoms with van der Waals surface area (Å²) in [6, 6.07) is 7.51. The summed E-state index contributed by atoms with van der Waals surface area (Å²) in [6.07, 6.45) is -4.78. The molecule has 0 saturated carbocycles. The van der Waals surface area contributed by atoms with E-state index in [2.05, 4.69) is 15.9 Å². The van der Waals surface area contributed by atoms with Crippen molar-refractivity contribution in [3.8, 4) is 0 Å². The van der Waals surface area contributed by atoms with Gasteiger partial charge < -0.3 is 9.80 Å². The molecule has 104 valence electrons. The zero-order valence-electron chi connectivity index (χ0n) is 9.95. The van der Waals surface area contributed by atoms with E-state index < -0.39 is 12.1 Å². The molecule has 1 heterocycles. The van der Waals surface area contributed by atoms with Crippen molar-refractivity contribution in [1.29, 1.82) is 0 Å². The van der Waals surface area contributed by atoms with Gasteiger partial charge in [-0.05, 0) is 28.1 Å². The average Bonchev–Trinajstić information content (AvgIpc) is 2.38. The van der Waals surface area contributed by atoms with Gasteiger partial charge in [0, 0.05) is 30.7 Å². The fraction of sp³-hybridized carbons (Fsp3) is 0.417. The number of hydrogen-bond donors (Lipinski definition) is 0. The van der Waals surface area contributed by atoms with Crippen LogP contribution in [0.4, 0.5) is 18.9 Å². The molecule has 1 saturated heterocycles. The quantitative estimate of drug-likeness (QED) is 0.787. The largest absolute Gasteiger partial charge is 0.471 e. The summed E-state index contributed by atoms with van der Waals surface area (Å²) in [5, 5.41) is 0. The van der Waals surface area contributed by atoms with Crippen LogP contribution >= 0.6 is 15.9 Å². The van der Waals surface area contributed by atoms with Crippen LogP contribution in [0.3, 0.4) is 0 Å². The van der Waals surface area contributed by atoms with E-state index in [1.807, 2.05) is 29.2 Å². The predicted molar refractivity (Wildman–Crippen MR) is 69.0 cm³/mol. The second kappa shape index (κ2) is 5.40. The topological polar surface area (TPSA) is 23.6 Å². The van der Waals surface area contributed by atoms with Gasteiger partial charge in [0.1, 0.15) is 0 Å². The molecule has 0 unspecified atom stereocenters. The zero-order valence-corrected chi connectivity index (χ0v) is 11.5. The lowest BCUT2D eigenvalue weighted by Gasteiger charge is -2.36. The molecule has 0 radical (unpaired) electrons. The molecule has 1 aromatic rings. The van der Waals surface area contributed by atoms with Crippen molar-refractivity contribution in [3.63, 3.8) is 0 Å². The molecule has 1 fully saturated rings. The summed E-state index contributed by atoms with van der Waals surface area (Å²) in [5.74, 6) is -1.75. The number of nitrogens with zero attached hydrogens (tertiary/aromatic N) is 2. The SMILES string of the molecule is O=C(N1CCN(c2ccccc2Br)CC1)C(F)(F)F. The molecule has 0 aliphatic carbocycles. The predicted octanol–water partition coefficient (Wildman–Crippen LogP) is 2.66. The van der Waals surface area contributed by atoms with Crippen molar-refractivity contribution in [1.82, 2.24) is 4.90 Å². The Morgan fingerprint density at radius 3 is 2.21 bits per heavy atom. The Morgan fingerprint density at radius 1 is 1.11 bits per heavy atom. The number of carbonyl (C=O) groups is 1. The van der Waals surface area contributed by atoms with E-state index >= 15 is 0 Å². The van der Waals surface area contributed by atoms with E-state index in [9.17, 15) is 18.0 Å². The number of benzene rings is 1. The maximum Gasteiger partial charge on any atom is 0.471 e. The summed E-state index contributed by atoms with van der Waals surface area (Å²) >= 11 is 3.41. The van der Waals surface area contributed by atoms with Gasteiger partial charge in [0.25, 0.3) is 0 Å². The van der Waals surface area contributed by atoms with E-state index in [4.69, 9.17) is 0 Å². The van der Waals surface area contributed by atoms with Gasteiger partial charge in [0.2, 0.25) is 0 Å². The summed E-state index contributed by atoms with van der Waals surface area (Å²) in [5.41, 5.74) is 0.932. The summed E-state index contributed by atoms with van der Waals surface area (Å²) in [4.78, 5) is 13.9. The first-order chi connectivity index (χ1) is 8.89. The standard InChI is InChI=1S/C12H12BrF3N2O/c13-9-3-1-2-4-10(9)17-5-7-18(8-6-17)11(19)12(14,15)16/h1-4H,5-8H2. The smallest absolute Gasteiger partial charge is 0.367 e. The molecular weight excluding hydrogens is 325 g/mol. The molecule has 0 bridgehead atoms. The minimum absolute atomic E-state index is 0.0830. The Hall–Kier alpha value is -1.24. The highest BCUT2D eigenvalue weighted by Crippen LogP contribution is 2.27. The molecule has 19 heavy (non-hydrogen) atoms. The van der Waals surface area contributed by atoms with Crippen LogP contribution in [-0.4, -0.2) is 43.2 Å². The fourth-order valence-corrected chi connectivity index (χ4v) is 2.57. The molecular formula is C12H12BrF3N2O. The Morgan fingerprint density at radius 2 is 1.68 bits per heavy atom. The lowest BCUT2D eigenvalue weighted by atomic mass is 10.2. The molecule has 1 amide bonds. The maximum absolute atomic E-state index is 12.3. The number of anilines is 1. The number of alkyl halides is 3. The number of piperazine rings is 1. The minimum Gasteiger partial charge on any atom is -0.367 e. The van der Waals surface area contributed by atoms with E-state index in [0.29, 0.717) is 13.1 Å². The van der Waals surface area contributed by atoms with E-state index in [1.54, 1.807) is 0 Å². The van der Waals surface area contributed by atoms with Gasteiger partial charge in [-0.2, -0.15) is 13.2 Å². The van der Waals surface area contributed by atoms with Crippen LogP contribution in [0.2, 0.25) is 0 Å². The Kier molecular flexibility index (Phi) is 4.03. The highest BCUT2D eigenvalue weighted by Gasteiger charge is 2.43. The van der Waals surface area contributed by atoms with Crippen LogP contribution < -0.4 is 4.90 Å². The van der Waals surface area contributed by atoms with Crippen molar-refractivity contribution < 1.29 is 18.0 Å². The average molecular weight is 337 g/mol. The molecule has 0 spiro atoms. The van der Waals surface area contributed by atoms with Crippen LogP contribution in [0, 0.1) is 0 Å². The normalized spacial score (nSPS) is 16.6. The molecule has 7 heteroatoms. The van der Waals surface area contributed by atoms with E-state index in [-0.39, 0.29) is 13.1 Å². The van der Waals surface area contributed by atoms with E-state index in [1.165, 1.54) is 0 Å². The Balaban J connectivity index is 2.00. The summed E-state index contributed by atoms with van der Waals surface area (Å²) in [6.45, 7) is 0.953. The van der Waals surface area contributed by atoms with Gasteiger partial charge in [-0.1, -0.05) is 12.1 Å². The van der Waals surface area contributed by atoms with Gasteiger partial charge in [0.05, 0.1) is 5.69 Å². The first-order valence-corrected chi connectivity index (χ1v) is 6.54. The van der Waals surface area contributed by atoms with Gasteiger partial charge >= 0.3 is 12.1 Å². The second-order valence-corrected chi connectivity index (χ2v) is 5.08. The fourth-order valence-electron chi connectivity index (χ4n) is 2.04. The molecule has 2 rings (SSSR count). The van der Waals surface area contributed by atoms with Crippen molar-refractivity contribution in [2.45, 2.75) is 6.18 Å². The Bertz CT molecular complexity index is 470.